The van der Waals surface area contributed by atoms with Crippen molar-refractivity contribution in [2.75, 3.05) is 19.0 Å². The molecule has 1 fully saturated rings. The summed E-state index contributed by atoms with van der Waals surface area (Å²) in [5.74, 6) is -1.38. The SMILES string of the molecule is COc1cc(CC[C@@H](O)[C@H]2C(=O)C[C@H](c3cc(O)c(O)c(OCCCC(C)C)c3)CCc3c(ccc4cc(O)ccc34)Nc3cc(ccn3)[C@@]23CC[C@@H](O)[C@H]3Cc2ccc[nH]2)ccc1O. The van der Waals surface area contributed by atoms with E-state index < -0.39 is 35.4 Å². The Kier molecular flexibility index (Phi) is 13.6. The summed E-state index contributed by atoms with van der Waals surface area (Å²) in [4.78, 5) is 24.0. The van der Waals surface area contributed by atoms with Gasteiger partial charge in [0.05, 0.1) is 31.8 Å². The maximum Gasteiger partial charge on any atom is 0.200 e. The summed E-state index contributed by atoms with van der Waals surface area (Å²) in [5, 5.41) is 73.4. The van der Waals surface area contributed by atoms with E-state index in [0.717, 1.165) is 51.7 Å². The highest BCUT2D eigenvalue weighted by Crippen LogP contribution is 2.55. The van der Waals surface area contributed by atoms with E-state index in [1.807, 2.05) is 48.7 Å². The number of ketones is 1. The second kappa shape index (κ2) is 19.5. The molecule has 0 saturated heterocycles. The van der Waals surface area contributed by atoms with Crippen LogP contribution >= 0.6 is 0 Å². The lowest BCUT2D eigenvalue weighted by atomic mass is 9.58. The fourth-order valence-electron chi connectivity index (χ4n) is 10.7. The molecule has 6 atom stereocenters. The molecule has 8 rings (SSSR count). The summed E-state index contributed by atoms with van der Waals surface area (Å²) in [6.45, 7) is 4.59. The molecule has 0 radical (unpaired) electrons. The summed E-state index contributed by atoms with van der Waals surface area (Å²) < 4.78 is 11.5. The second-order valence-electron chi connectivity index (χ2n) is 18.5. The number of pyridine rings is 1. The summed E-state index contributed by atoms with van der Waals surface area (Å²) in [6.07, 6.45) is 5.88. The number of aromatic hydroxyl groups is 4. The number of aromatic nitrogens is 2. The Bertz CT molecular complexity index is 2610. The third-order valence-corrected chi connectivity index (χ3v) is 13.9. The molecule has 4 aromatic carbocycles. The molecular formula is C53H61N3O9. The number of aromatic amines is 1. The first kappa shape index (κ1) is 45.3. The predicted octanol–water partition coefficient (Wildman–Crippen LogP) is 9.50. The van der Waals surface area contributed by atoms with Gasteiger partial charge in [-0.05, 0) is 169 Å². The molecule has 2 aliphatic rings. The quantitative estimate of drug-likeness (QED) is 0.0406. The van der Waals surface area contributed by atoms with Gasteiger partial charge in [0, 0.05) is 41.5 Å². The smallest absolute Gasteiger partial charge is 0.200 e. The van der Waals surface area contributed by atoms with Crippen LogP contribution in [-0.2, 0) is 29.5 Å². The maximum atomic E-state index is 15.9. The Labute approximate surface area is 379 Å². The van der Waals surface area contributed by atoms with Crippen LogP contribution < -0.4 is 14.8 Å². The molecule has 0 amide bonds. The van der Waals surface area contributed by atoms with E-state index in [1.54, 1.807) is 42.6 Å². The number of methoxy groups -OCH3 is 1. The highest BCUT2D eigenvalue weighted by Gasteiger charge is 2.57. The first-order valence-corrected chi connectivity index (χ1v) is 22.9. The Balaban J connectivity index is 1.29. The van der Waals surface area contributed by atoms with Gasteiger partial charge in [-0.15, -0.1) is 0 Å². The van der Waals surface area contributed by atoms with Crippen LogP contribution in [0.25, 0.3) is 10.8 Å². The van der Waals surface area contributed by atoms with Crippen molar-refractivity contribution in [2.45, 2.75) is 102 Å². The van der Waals surface area contributed by atoms with E-state index in [4.69, 9.17) is 14.5 Å². The van der Waals surface area contributed by atoms with Gasteiger partial charge in [-0.2, -0.15) is 0 Å². The summed E-state index contributed by atoms with van der Waals surface area (Å²) >= 11 is 0. The zero-order valence-corrected chi connectivity index (χ0v) is 37.3. The summed E-state index contributed by atoms with van der Waals surface area (Å²) in [5.41, 5.74) is 3.75. The lowest BCUT2D eigenvalue weighted by Crippen LogP contribution is -2.51. The van der Waals surface area contributed by atoms with Gasteiger partial charge in [0.1, 0.15) is 17.4 Å². The van der Waals surface area contributed by atoms with E-state index in [1.165, 1.54) is 13.2 Å². The van der Waals surface area contributed by atoms with Crippen molar-refractivity contribution < 1.29 is 44.9 Å². The summed E-state index contributed by atoms with van der Waals surface area (Å²) in [6, 6.07) is 25.2. The van der Waals surface area contributed by atoms with Crippen LogP contribution in [0.15, 0.2) is 97.3 Å². The number of nitrogens with zero attached hydrogens (tertiary/aromatic N) is 1. The fourth-order valence-corrected chi connectivity index (χ4v) is 10.7. The van der Waals surface area contributed by atoms with Crippen LogP contribution in [0.1, 0.15) is 92.7 Å². The van der Waals surface area contributed by atoms with Crippen molar-refractivity contribution in [3.05, 3.63) is 125 Å². The second-order valence-corrected chi connectivity index (χ2v) is 18.5. The molecule has 2 bridgehead atoms. The minimum Gasteiger partial charge on any atom is -0.508 e. The van der Waals surface area contributed by atoms with E-state index >= 15 is 4.79 Å². The fraction of sp³-hybridized carbons (Fsp3) is 0.396. The highest BCUT2D eigenvalue weighted by atomic mass is 16.5. The molecule has 3 heterocycles. The van der Waals surface area contributed by atoms with Crippen LogP contribution in [0.3, 0.4) is 0 Å². The topological polar surface area (TPSA) is 198 Å². The largest absolute Gasteiger partial charge is 0.508 e. The van der Waals surface area contributed by atoms with E-state index in [2.05, 4.69) is 24.1 Å². The van der Waals surface area contributed by atoms with Crippen molar-refractivity contribution >= 4 is 28.1 Å². The number of anilines is 2. The van der Waals surface area contributed by atoms with Gasteiger partial charge in [0.25, 0.3) is 0 Å². The number of aryl methyl sites for hydroxylation is 2. The van der Waals surface area contributed by atoms with Crippen LogP contribution in [0.5, 0.6) is 34.5 Å². The Hall–Kier alpha value is -6.24. The Morgan fingerprint density at radius 2 is 1.75 bits per heavy atom. The predicted molar refractivity (Wildman–Crippen MR) is 251 cm³/mol. The van der Waals surface area contributed by atoms with Gasteiger partial charge in [0.2, 0.25) is 5.75 Å². The van der Waals surface area contributed by atoms with Gasteiger partial charge >= 0.3 is 0 Å². The van der Waals surface area contributed by atoms with Crippen LogP contribution in [0, 0.1) is 17.8 Å². The molecule has 1 aliphatic carbocycles. The number of carbonyl (C=O) groups excluding carboxylic acids is 1. The number of benzene rings is 4. The molecular weight excluding hydrogens is 823 g/mol. The van der Waals surface area contributed by atoms with Crippen molar-refractivity contribution in [1.82, 2.24) is 9.97 Å². The number of carbonyl (C=O) groups is 1. The Morgan fingerprint density at radius 1 is 0.908 bits per heavy atom. The third-order valence-electron chi connectivity index (χ3n) is 13.9. The number of rotatable bonds is 13. The Morgan fingerprint density at radius 3 is 2.54 bits per heavy atom. The molecule has 12 heteroatoms. The van der Waals surface area contributed by atoms with Gasteiger partial charge in [0.15, 0.2) is 23.0 Å². The number of Topliss-reactive ketones (excluding diaryl/α,β-unsaturated/α-hetero) is 1. The van der Waals surface area contributed by atoms with Crippen molar-refractivity contribution in [2.24, 2.45) is 17.8 Å². The number of H-pyrrole nitrogens is 1. The van der Waals surface area contributed by atoms with Gasteiger partial charge in [-0.25, -0.2) is 4.98 Å². The number of ether oxygens (including phenoxy) is 2. The molecule has 1 saturated carbocycles. The average Bonchev–Trinajstić information content (AvgIpc) is 3.93. The van der Waals surface area contributed by atoms with E-state index in [-0.39, 0.29) is 47.4 Å². The lowest BCUT2D eigenvalue weighted by Gasteiger charge is -2.45. The van der Waals surface area contributed by atoms with E-state index in [9.17, 15) is 30.6 Å². The molecule has 8 N–H and O–H groups in total. The standard InChI is InChI=1S/C53H61N3O9/c1-31(2)6-5-23-65-49-28-35(27-47(62)52(49)63)33-10-13-40-39-14-12-38(57)25-34(39)11-15-42(40)56-50-29-36(19-22-55-50)53(20-18-43(58)41(53)30-37-7-4-21-54-37)51(46(61)26-33)45(60)17-9-32-8-16-44(59)48(24-32)64-3/h4,7-8,11-12,14-16,19,21-22,24-25,27-29,31,33,41,43,45,51,54,57-60,62-63H,5-6,9-10,13,17-18,20,23,26,30H2,1-3H3,(H,55,56)/t33-,41-,43-,45-,51+,53-/m1/s1. The monoisotopic (exact) mass is 883 g/mol. The maximum absolute atomic E-state index is 15.9. The van der Waals surface area contributed by atoms with Crippen molar-refractivity contribution in [1.29, 1.82) is 0 Å². The van der Waals surface area contributed by atoms with E-state index in [0.29, 0.717) is 68.2 Å². The first-order valence-electron chi connectivity index (χ1n) is 22.9. The number of phenolic OH excluding ortho intramolecular Hbond substituents is 4. The normalized spacial score (nSPS) is 21.6. The number of hydrogen-bond donors (Lipinski definition) is 8. The molecule has 0 unspecified atom stereocenters. The molecule has 65 heavy (non-hydrogen) atoms. The molecule has 342 valence electrons. The van der Waals surface area contributed by atoms with Gasteiger partial charge in [-0.3, -0.25) is 4.79 Å². The number of phenols is 4. The van der Waals surface area contributed by atoms with Crippen LogP contribution in [-0.4, -0.2) is 72.3 Å². The van der Waals surface area contributed by atoms with Crippen molar-refractivity contribution in [3.63, 3.8) is 0 Å². The zero-order valence-electron chi connectivity index (χ0n) is 37.3. The molecule has 6 aromatic rings. The lowest BCUT2D eigenvalue weighted by molar-refractivity contribution is -0.132. The van der Waals surface area contributed by atoms with Crippen LogP contribution in [0.4, 0.5) is 11.5 Å². The van der Waals surface area contributed by atoms with Gasteiger partial charge < -0.3 is 50.4 Å². The summed E-state index contributed by atoms with van der Waals surface area (Å²) in [7, 11) is 1.48. The van der Waals surface area contributed by atoms with Gasteiger partial charge in [-0.1, -0.05) is 32.0 Å². The van der Waals surface area contributed by atoms with Crippen molar-refractivity contribution in [3.8, 4) is 34.5 Å². The average molecular weight is 884 g/mol. The number of aliphatic hydroxyl groups is 2. The third kappa shape index (κ3) is 9.60. The molecule has 2 aromatic heterocycles. The first-order chi connectivity index (χ1) is 31.3. The number of fused-ring (bicyclic) bond motifs is 6. The molecule has 12 nitrogen and oxygen atoms in total. The number of nitrogens with one attached hydrogen (secondary N) is 2. The highest BCUT2D eigenvalue weighted by molar-refractivity contribution is 5.92. The minimum atomic E-state index is -1.18. The van der Waals surface area contributed by atoms with Crippen LogP contribution in [0.2, 0.25) is 0 Å². The molecule has 1 aliphatic heterocycles. The number of hydrogen-bond acceptors (Lipinski definition) is 11. The minimum absolute atomic E-state index is 0.000846. The zero-order chi connectivity index (χ0) is 45.8. The molecule has 1 spiro atoms. The number of aliphatic hydroxyl groups excluding tert-OH is 2.